The molecule has 1 fully saturated rings. The lowest BCUT2D eigenvalue weighted by Crippen LogP contribution is -2.34. The van der Waals surface area contributed by atoms with Crippen LogP contribution in [0.25, 0.3) is 0 Å². The Balaban J connectivity index is 2.05. The van der Waals surface area contributed by atoms with Gasteiger partial charge in [0.2, 0.25) is 15.4 Å². The Labute approximate surface area is 127 Å². The zero-order chi connectivity index (χ0) is 15.5. The fourth-order valence-corrected chi connectivity index (χ4v) is 4.42. The van der Waals surface area contributed by atoms with Gasteiger partial charge in [-0.3, -0.25) is 4.79 Å². The minimum atomic E-state index is -3.67. The monoisotopic (exact) mass is 334 g/mol. The van der Waals surface area contributed by atoms with Gasteiger partial charge in [-0.2, -0.15) is 4.31 Å². The summed E-state index contributed by atoms with van der Waals surface area (Å²) in [5.41, 5.74) is 0. The van der Waals surface area contributed by atoms with E-state index in [9.17, 15) is 13.2 Å². The molecule has 0 atom stereocenters. The third-order valence-electron chi connectivity index (χ3n) is 3.18. The molecule has 118 valence electrons. The van der Waals surface area contributed by atoms with Gasteiger partial charge in [0, 0.05) is 33.7 Å². The molecule has 0 spiro atoms. The van der Waals surface area contributed by atoms with E-state index in [0.29, 0.717) is 25.7 Å². The Hall–Kier alpha value is -1.10. The van der Waals surface area contributed by atoms with Crippen LogP contribution in [0.2, 0.25) is 0 Å². The molecule has 1 aliphatic rings. The molecular formula is C11H18N4O4S2. The second kappa shape index (κ2) is 6.77. The molecule has 1 N–H and O–H groups in total. The zero-order valence-corrected chi connectivity index (χ0v) is 13.5. The Kier molecular flexibility index (Phi) is 5.25. The summed E-state index contributed by atoms with van der Waals surface area (Å²) in [4.78, 5) is 10.9. The molecule has 1 amide bonds. The van der Waals surface area contributed by atoms with Crippen molar-refractivity contribution in [3.63, 3.8) is 0 Å². The van der Waals surface area contributed by atoms with E-state index in [4.69, 9.17) is 4.74 Å². The van der Waals surface area contributed by atoms with Crippen LogP contribution in [0, 0.1) is 5.92 Å². The van der Waals surface area contributed by atoms with Gasteiger partial charge < -0.3 is 10.1 Å². The molecule has 0 aliphatic carbocycles. The third-order valence-corrected chi connectivity index (χ3v) is 6.18. The normalized spacial score (nSPS) is 17.1. The fraction of sp³-hybridized carbons (Fsp3) is 0.727. The van der Waals surface area contributed by atoms with Gasteiger partial charge in [-0.25, -0.2) is 8.42 Å². The summed E-state index contributed by atoms with van der Waals surface area (Å²) in [6, 6.07) is 0. The SMILES string of the molecule is CC(=O)Nc1nnc(S(=O)(=O)N(C)CC2CCOCC2)s1. The number of anilines is 1. The first-order chi connectivity index (χ1) is 9.89. The van der Waals surface area contributed by atoms with Crippen molar-refractivity contribution in [2.75, 3.05) is 32.1 Å². The van der Waals surface area contributed by atoms with E-state index >= 15 is 0 Å². The zero-order valence-electron chi connectivity index (χ0n) is 11.9. The summed E-state index contributed by atoms with van der Waals surface area (Å²) in [6.07, 6.45) is 1.71. The van der Waals surface area contributed by atoms with Crippen molar-refractivity contribution in [3.8, 4) is 0 Å². The van der Waals surface area contributed by atoms with Crippen LogP contribution in [-0.2, 0) is 19.6 Å². The maximum Gasteiger partial charge on any atom is 0.272 e. The number of nitrogens with zero attached hydrogens (tertiary/aromatic N) is 3. The Bertz CT molecular complexity index is 595. The largest absolute Gasteiger partial charge is 0.381 e. The van der Waals surface area contributed by atoms with Gasteiger partial charge >= 0.3 is 0 Å². The molecule has 0 bridgehead atoms. The van der Waals surface area contributed by atoms with E-state index in [1.54, 1.807) is 0 Å². The minimum Gasteiger partial charge on any atom is -0.381 e. The molecule has 8 nitrogen and oxygen atoms in total. The number of hydrogen-bond acceptors (Lipinski definition) is 7. The van der Waals surface area contributed by atoms with Crippen LogP contribution in [-0.4, -0.2) is 55.6 Å². The maximum absolute atomic E-state index is 12.4. The highest BCUT2D eigenvalue weighted by Gasteiger charge is 2.28. The Morgan fingerprint density at radius 1 is 1.43 bits per heavy atom. The van der Waals surface area contributed by atoms with Gasteiger partial charge in [-0.1, -0.05) is 11.3 Å². The molecule has 1 saturated heterocycles. The van der Waals surface area contributed by atoms with Crippen molar-refractivity contribution in [2.45, 2.75) is 24.1 Å². The first kappa shape index (κ1) is 16.3. The molecule has 2 rings (SSSR count). The maximum atomic E-state index is 12.4. The van der Waals surface area contributed by atoms with Crippen molar-refractivity contribution in [1.82, 2.24) is 14.5 Å². The average molecular weight is 334 g/mol. The smallest absolute Gasteiger partial charge is 0.272 e. The van der Waals surface area contributed by atoms with E-state index in [-0.39, 0.29) is 15.4 Å². The average Bonchev–Trinajstić information content (AvgIpc) is 2.88. The van der Waals surface area contributed by atoms with Crippen LogP contribution in [0.5, 0.6) is 0 Å². The topological polar surface area (TPSA) is 101 Å². The number of hydrogen-bond donors (Lipinski definition) is 1. The predicted molar refractivity (Wildman–Crippen MR) is 77.6 cm³/mol. The molecular weight excluding hydrogens is 316 g/mol. The summed E-state index contributed by atoms with van der Waals surface area (Å²) in [6.45, 7) is 3.10. The second-order valence-electron chi connectivity index (χ2n) is 4.90. The quantitative estimate of drug-likeness (QED) is 0.789. The summed E-state index contributed by atoms with van der Waals surface area (Å²) in [5, 5.41) is 9.92. The number of sulfonamides is 1. The summed E-state index contributed by atoms with van der Waals surface area (Å²) in [5.74, 6) is -0.0214. The summed E-state index contributed by atoms with van der Waals surface area (Å²) in [7, 11) is -2.14. The van der Waals surface area contributed by atoms with Crippen molar-refractivity contribution < 1.29 is 17.9 Å². The summed E-state index contributed by atoms with van der Waals surface area (Å²) < 4.78 is 31.2. The Morgan fingerprint density at radius 2 is 2.10 bits per heavy atom. The molecule has 21 heavy (non-hydrogen) atoms. The molecule has 1 aromatic heterocycles. The highest BCUT2D eigenvalue weighted by Crippen LogP contribution is 2.24. The van der Waals surface area contributed by atoms with Crippen LogP contribution in [0.15, 0.2) is 4.34 Å². The van der Waals surface area contributed by atoms with Gasteiger partial charge in [0.05, 0.1) is 0 Å². The molecule has 10 heteroatoms. The molecule has 0 unspecified atom stereocenters. The van der Waals surface area contributed by atoms with Crippen molar-refractivity contribution in [3.05, 3.63) is 0 Å². The van der Waals surface area contributed by atoms with E-state index in [1.165, 1.54) is 18.3 Å². The Morgan fingerprint density at radius 3 is 2.71 bits per heavy atom. The van der Waals surface area contributed by atoms with E-state index in [1.807, 2.05) is 0 Å². The summed E-state index contributed by atoms with van der Waals surface area (Å²) >= 11 is 0.850. The molecule has 1 aromatic rings. The van der Waals surface area contributed by atoms with Gasteiger partial charge in [-0.05, 0) is 18.8 Å². The highest BCUT2D eigenvalue weighted by molar-refractivity contribution is 7.91. The first-order valence-electron chi connectivity index (χ1n) is 6.55. The highest BCUT2D eigenvalue weighted by atomic mass is 32.2. The van der Waals surface area contributed by atoms with Crippen molar-refractivity contribution in [2.24, 2.45) is 5.92 Å². The van der Waals surface area contributed by atoms with Gasteiger partial charge in [-0.15, -0.1) is 10.2 Å². The number of nitrogens with one attached hydrogen (secondary N) is 1. The molecule has 0 aromatic carbocycles. The van der Waals surface area contributed by atoms with Crippen molar-refractivity contribution in [1.29, 1.82) is 0 Å². The second-order valence-corrected chi connectivity index (χ2v) is 8.09. The number of aromatic nitrogens is 2. The van der Waals surface area contributed by atoms with Gasteiger partial charge in [0.15, 0.2) is 0 Å². The minimum absolute atomic E-state index is 0.110. The molecule has 2 heterocycles. The molecule has 0 radical (unpaired) electrons. The number of carbonyl (C=O) groups is 1. The number of ether oxygens (including phenoxy) is 1. The number of carbonyl (C=O) groups excluding carboxylic acids is 1. The lowest BCUT2D eigenvalue weighted by molar-refractivity contribution is -0.114. The molecule has 1 aliphatic heterocycles. The van der Waals surface area contributed by atoms with E-state index in [2.05, 4.69) is 15.5 Å². The molecule has 0 saturated carbocycles. The van der Waals surface area contributed by atoms with E-state index in [0.717, 1.165) is 24.2 Å². The lowest BCUT2D eigenvalue weighted by Gasteiger charge is -2.25. The third kappa shape index (κ3) is 4.19. The van der Waals surface area contributed by atoms with Crippen LogP contribution >= 0.6 is 11.3 Å². The van der Waals surface area contributed by atoms with Crippen LogP contribution < -0.4 is 5.32 Å². The van der Waals surface area contributed by atoms with Crippen LogP contribution in [0.3, 0.4) is 0 Å². The lowest BCUT2D eigenvalue weighted by atomic mass is 10.0. The number of amides is 1. The van der Waals surface area contributed by atoms with E-state index < -0.39 is 10.0 Å². The predicted octanol–water partition coefficient (Wildman–Crippen LogP) is 0.544. The number of rotatable bonds is 5. The standard InChI is InChI=1S/C11H18N4O4S2/c1-8(16)12-10-13-14-11(20-10)21(17,18)15(2)7-9-3-5-19-6-4-9/h9H,3-7H2,1-2H3,(H,12,13,16). The van der Waals surface area contributed by atoms with Crippen LogP contribution in [0.1, 0.15) is 19.8 Å². The van der Waals surface area contributed by atoms with Gasteiger partial charge in [0.1, 0.15) is 0 Å². The fourth-order valence-electron chi connectivity index (χ4n) is 2.04. The van der Waals surface area contributed by atoms with Gasteiger partial charge in [0.25, 0.3) is 10.0 Å². The van der Waals surface area contributed by atoms with Crippen LogP contribution in [0.4, 0.5) is 5.13 Å². The van der Waals surface area contributed by atoms with Crippen molar-refractivity contribution >= 4 is 32.4 Å². The first-order valence-corrected chi connectivity index (χ1v) is 8.80.